The first-order chi connectivity index (χ1) is 10.2. The van der Waals surface area contributed by atoms with Crippen molar-refractivity contribution < 1.29 is 4.79 Å². The molecule has 0 aliphatic rings. The first-order valence-corrected chi connectivity index (χ1v) is 9.48. The maximum atomic E-state index is 12.0. The molecule has 0 aliphatic carbocycles. The molecule has 2 heteroatoms. The summed E-state index contributed by atoms with van der Waals surface area (Å²) in [6.07, 6.45) is 16.2. The molecule has 0 fully saturated rings. The minimum atomic E-state index is 0.0521. The third-order valence-electron chi connectivity index (χ3n) is 4.24. The van der Waals surface area contributed by atoms with Gasteiger partial charge in [-0.1, -0.05) is 78.1 Å². The van der Waals surface area contributed by atoms with Crippen molar-refractivity contribution in [1.29, 1.82) is 0 Å². The summed E-state index contributed by atoms with van der Waals surface area (Å²) < 4.78 is 0. The van der Waals surface area contributed by atoms with Crippen LogP contribution in [0.5, 0.6) is 0 Å². The average molecular weight is 298 g/mol. The molecule has 0 aromatic heterocycles. The van der Waals surface area contributed by atoms with Gasteiger partial charge in [-0.25, -0.2) is 0 Å². The van der Waals surface area contributed by atoms with Crippen LogP contribution in [-0.2, 0) is 4.79 Å². The normalized spacial score (nSPS) is 12.5. The van der Waals surface area contributed by atoms with E-state index in [9.17, 15) is 4.79 Å². The molecule has 1 unspecified atom stereocenters. The van der Waals surface area contributed by atoms with E-state index in [1.54, 1.807) is 0 Å². The van der Waals surface area contributed by atoms with E-state index in [1.165, 1.54) is 70.6 Å². The summed E-state index contributed by atoms with van der Waals surface area (Å²) in [6.45, 7) is 7.51. The van der Waals surface area contributed by atoms with E-state index in [0.717, 1.165) is 19.4 Å². The summed E-state index contributed by atoms with van der Waals surface area (Å²) in [7, 11) is 0. The van der Waals surface area contributed by atoms with Crippen LogP contribution in [0.25, 0.3) is 0 Å². The van der Waals surface area contributed by atoms with E-state index in [1.807, 2.05) is 6.92 Å². The van der Waals surface area contributed by atoms with Crippen molar-refractivity contribution in [1.82, 2.24) is 5.32 Å². The molecule has 2 nitrogen and oxygen atoms in total. The highest BCUT2D eigenvalue weighted by Crippen LogP contribution is 2.08. The number of ketones is 1. The van der Waals surface area contributed by atoms with Crippen LogP contribution in [0, 0.1) is 0 Å². The molecular formula is C19H39NO. The van der Waals surface area contributed by atoms with Crippen molar-refractivity contribution in [2.45, 2.75) is 110 Å². The topological polar surface area (TPSA) is 29.1 Å². The molecule has 0 saturated heterocycles. The van der Waals surface area contributed by atoms with Gasteiger partial charge in [0.1, 0.15) is 5.78 Å². The molecule has 126 valence electrons. The summed E-state index contributed by atoms with van der Waals surface area (Å²) in [5, 5.41) is 3.38. The Bertz CT molecular complexity index is 228. The van der Waals surface area contributed by atoms with Crippen LogP contribution < -0.4 is 5.32 Å². The van der Waals surface area contributed by atoms with Crippen LogP contribution in [0.3, 0.4) is 0 Å². The van der Waals surface area contributed by atoms with Gasteiger partial charge in [-0.15, -0.1) is 0 Å². The van der Waals surface area contributed by atoms with Crippen molar-refractivity contribution >= 4 is 5.78 Å². The SMILES string of the molecule is CCCCCCCCNC(C)C(=O)CCCCCCCC. The minimum Gasteiger partial charge on any atom is -0.308 e. The summed E-state index contributed by atoms with van der Waals surface area (Å²) in [5.41, 5.74) is 0. The van der Waals surface area contributed by atoms with Gasteiger partial charge in [-0.2, -0.15) is 0 Å². The number of Topliss-reactive ketones (excluding diaryl/α,β-unsaturated/α-hetero) is 1. The Balaban J connectivity index is 3.36. The molecule has 1 atom stereocenters. The average Bonchev–Trinajstić information content (AvgIpc) is 2.49. The van der Waals surface area contributed by atoms with Crippen LogP contribution in [0.2, 0.25) is 0 Å². The monoisotopic (exact) mass is 297 g/mol. The van der Waals surface area contributed by atoms with Gasteiger partial charge in [0.05, 0.1) is 6.04 Å². The first kappa shape index (κ1) is 20.6. The van der Waals surface area contributed by atoms with Crippen molar-refractivity contribution in [3.8, 4) is 0 Å². The zero-order valence-electron chi connectivity index (χ0n) is 14.9. The second-order valence-electron chi connectivity index (χ2n) is 6.43. The third-order valence-corrected chi connectivity index (χ3v) is 4.24. The number of hydrogen-bond acceptors (Lipinski definition) is 2. The molecule has 0 rings (SSSR count). The van der Waals surface area contributed by atoms with Crippen LogP contribution in [0.1, 0.15) is 104 Å². The number of nitrogens with one attached hydrogen (secondary N) is 1. The molecule has 0 aliphatic heterocycles. The lowest BCUT2D eigenvalue weighted by Crippen LogP contribution is -2.34. The molecule has 0 bridgehead atoms. The highest BCUT2D eigenvalue weighted by molar-refractivity contribution is 5.83. The molecule has 0 heterocycles. The van der Waals surface area contributed by atoms with E-state index in [0.29, 0.717) is 5.78 Å². The predicted molar refractivity (Wildman–Crippen MR) is 93.8 cm³/mol. The van der Waals surface area contributed by atoms with Gasteiger partial charge in [-0.3, -0.25) is 4.79 Å². The van der Waals surface area contributed by atoms with Crippen molar-refractivity contribution in [2.24, 2.45) is 0 Å². The minimum absolute atomic E-state index is 0.0521. The Morgan fingerprint density at radius 2 is 1.24 bits per heavy atom. The standard InChI is InChI=1S/C19H39NO/c1-4-6-8-10-12-14-16-19(21)18(3)20-17-15-13-11-9-7-5-2/h18,20H,4-17H2,1-3H3. The fourth-order valence-electron chi connectivity index (χ4n) is 2.63. The lowest BCUT2D eigenvalue weighted by Gasteiger charge is -2.12. The highest BCUT2D eigenvalue weighted by atomic mass is 16.1. The first-order valence-electron chi connectivity index (χ1n) is 9.48. The third kappa shape index (κ3) is 14.3. The lowest BCUT2D eigenvalue weighted by atomic mass is 10.0. The molecule has 0 aromatic rings. The lowest BCUT2D eigenvalue weighted by molar-refractivity contribution is -0.120. The Morgan fingerprint density at radius 3 is 1.81 bits per heavy atom. The van der Waals surface area contributed by atoms with Gasteiger partial charge in [0, 0.05) is 6.42 Å². The van der Waals surface area contributed by atoms with E-state index < -0.39 is 0 Å². The predicted octanol–water partition coefficient (Wildman–Crippen LogP) is 5.64. The Morgan fingerprint density at radius 1 is 0.762 bits per heavy atom. The molecule has 0 spiro atoms. The molecule has 21 heavy (non-hydrogen) atoms. The van der Waals surface area contributed by atoms with Crippen LogP contribution in [0.15, 0.2) is 0 Å². The number of carbonyl (C=O) groups is 1. The second-order valence-corrected chi connectivity index (χ2v) is 6.43. The van der Waals surface area contributed by atoms with E-state index in [4.69, 9.17) is 0 Å². The van der Waals surface area contributed by atoms with E-state index in [-0.39, 0.29) is 6.04 Å². The Hall–Kier alpha value is -0.370. The fourth-order valence-corrected chi connectivity index (χ4v) is 2.63. The summed E-state index contributed by atoms with van der Waals surface area (Å²) in [4.78, 5) is 12.0. The molecule has 1 N–H and O–H groups in total. The quantitative estimate of drug-likeness (QED) is 0.373. The molecule has 0 saturated carbocycles. The van der Waals surface area contributed by atoms with Gasteiger partial charge in [-0.05, 0) is 26.3 Å². The van der Waals surface area contributed by atoms with Crippen LogP contribution in [0.4, 0.5) is 0 Å². The molecule has 0 amide bonds. The summed E-state index contributed by atoms with van der Waals surface area (Å²) in [5.74, 6) is 0.400. The summed E-state index contributed by atoms with van der Waals surface area (Å²) in [6, 6.07) is 0.0521. The number of carbonyl (C=O) groups excluding carboxylic acids is 1. The largest absolute Gasteiger partial charge is 0.308 e. The van der Waals surface area contributed by atoms with E-state index >= 15 is 0 Å². The van der Waals surface area contributed by atoms with Gasteiger partial charge >= 0.3 is 0 Å². The van der Waals surface area contributed by atoms with Crippen molar-refractivity contribution in [2.75, 3.05) is 6.54 Å². The molecule has 0 radical (unpaired) electrons. The molecule has 0 aromatic carbocycles. The summed E-state index contributed by atoms with van der Waals surface area (Å²) >= 11 is 0. The highest BCUT2D eigenvalue weighted by Gasteiger charge is 2.10. The number of rotatable bonds is 16. The Kier molecular flexibility index (Phi) is 15.7. The molecular weight excluding hydrogens is 258 g/mol. The van der Waals surface area contributed by atoms with Crippen LogP contribution >= 0.6 is 0 Å². The second kappa shape index (κ2) is 16.0. The fraction of sp³-hybridized carbons (Fsp3) is 0.947. The maximum absolute atomic E-state index is 12.0. The Labute approximate surface area is 133 Å². The number of unbranched alkanes of at least 4 members (excludes halogenated alkanes) is 10. The van der Waals surface area contributed by atoms with Gasteiger partial charge in [0.15, 0.2) is 0 Å². The van der Waals surface area contributed by atoms with Crippen molar-refractivity contribution in [3.63, 3.8) is 0 Å². The van der Waals surface area contributed by atoms with Gasteiger partial charge in [0.2, 0.25) is 0 Å². The zero-order chi connectivity index (χ0) is 15.8. The van der Waals surface area contributed by atoms with Crippen molar-refractivity contribution in [3.05, 3.63) is 0 Å². The number of hydrogen-bond donors (Lipinski definition) is 1. The smallest absolute Gasteiger partial charge is 0.149 e. The van der Waals surface area contributed by atoms with Crippen LogP contribution in [-0.4, -0.2) is 18.4 Å². The van der Waals surface area contributed by atoms with E-state index in [2.05, 4.69) is 19.2 Å². The maximum Gasteiger partial charge on any atom is 0.149 e. The zero-order valence-corrected chi connectivity index (χ0v) is 14.9. The van der Waals surface area contributed by atoms with Gasteiger partial charge in [0.25, 0.3) is 0 Å². The van der Waals surface area contributed by atoms with Gasteiger partial charge < -0.3 is 5.32 Å².